The maximum atomic E-state index is 13.5. The van der Waals surface area contributed by atoms with Gasteiger partial charge >= 0.3 is 0 Å². The topological polar surface area (TPSA) is 104 Å². The maximum absolute atomic E-state index is 13.5. The summed E-state index contributed by atoms with van der Waals surface area (Å²) in [7, 11) is 0. The third-order valence-electron chi connectivity index (χ3n) is 7.90. The molecule has 4 heterocycles. The molecule has 4 saturated heterocycles. The number of benzene rings is 1. The van der Waals surface area contributed by atoms with Gasteiger partial charge in [0.1, 0.15) is 16.8 Å². The Balaban J connectivity index is 1.77. The van der Waals surface area contributed by atoms with Crippen molar-refractivity contribution in [2.45, 2.75) is 56.1 Å². The smallest absolute Gasteiger partial charge is 0.154 e. The Morgan fingerprint density at radius 3 is 2.00 bits per heavy atom. The molecule has 7 nitrogen and oxygen atoms in total. The number of piperidine rings is 2. The molecule has 5 rings (SSSR count). The summed E-state index contributed by atoms with van der Waals surface area (Å²) in [6.45, 7) is 7.31. The second kappa shape index (κ2) is 6.09. The lowest BCUT2D eigenvalue weighted by Gasteiger charge is -2.69. The lowest BCUT2D eigenvalue weighted by atomic mass is 9.57. The second-order valence-electron chi connectivity index (χ2n) is 10.2. The van der Waals surface area contributed by atoms with Gasteiger partial charge in [-0.25, -0.2) is 0 Å². The average Bonchev–Trinajstić information content (AvgIpc) is 2.65. The minimum atomic E-state index is -1.99. The van der Waals surface area contributed by atoms with E-state index in [9.17, 15) is 25.2 Å². The standard InChI is InChI=1S/C22H32N2O5/c1-18-10-23-12-22(16(18)26,15-8-6-5-7-9-15)13-24(11-18)17(23)20(3,28)21(4,29)19(2,27)14-25/h5-9,17,25,27-29H,10-14H2,1-4H3/t17?,18?,19-,20-,21-,22?/m0/s1. The predicted octanol–water partition coefficient (Wildman–Crippen LogP) is -0.284. The van der Waals surface area contributed by atoms with Crippen LogP contribution >= 0.6 is 0 Å². The van der Waals surface area contributed by atoms with Crippen molar-refractivity contribution in [2.75, 3.05) is 32.8 Å². The fourth-order valence-corrected chi connectivity index (χ4v) is 5.98. The molecule has 4 aliphatic heterocycles. The third kappa shape index (κ3) is 2.55. The number of carbonyl (C=O) groups is 1. The minimum absolute atomic E-state index is 0.232. The van der Waals surface area contributed by atoms with Crippen molar-refractivity contribution in [3.05, 3.63) is 35.9 Å². The van der Waals surface area contributed by atoms with Gasteiger partial charge in [-0.2, -0.15) is 0 Å². The Labute approximate surface area is 171 Å². The van der Waals surface area contributed by atoms with Crippen molar-refractivity contribution < 1.29 is 25.2 Å². The van der Waals surface area contributed by atoms with E-state index < -0.39 is 40.4 Å². The van der Waals surface area contributed by atoms with Crippen LogP contribution in [0.1, 0.15) is 33.3 Å². The van der Waals surface area contributed by atoms with Crippen molar-refractivity contribution in [1.82, 2.24) is 9.80 Å². The van der Waals surface area contributed by atoms with Crippen LogP contribution < -0.4 is 0 Å². The van der Waals surface area contributed by atoms with Crippen LogP contribution in [0.5, 0.6) is 0 Å². The van der Waals surface area contributed by atoms with Crippen LogP contribution in [0.2, 0.25) is 0 Å². The van der Waals surface area contributed by atoms with E-state index >= 15 is 0 Å². The van der Waals surface area contributed by atoms with Gasteiger partial charge in [0.2, 0.25) is 0 Å². The average molecular weight is 405 g/mol. The molecule has 4 aliphatic rings. The van der Waals surface area contributed by atoms with Gasteiger partial charge in [0.25, 0.3) is 0 Å². The fourth-order valence-electron chi connectivity index (χ4n) is 5.98. The van der Waals surface area contributed by atoms with Gasteiger partial charge in [0, 0.05) is 26.2 Å². The van der Waals surface area contributed by atoms with Gasteiger partial charge in [-0.3, -0.25) is 14.6 Å². The number of hydrogen-bond donors (Lipinski definition) is 4. The summed E-state index contributed by atoms with van der Waals surface area (Å²) < 4.78 is 0. The van der Waals surface area contributed by atoms with Gasteiger partial charge in [-0.1, -0.05) is 37.3 Å². The van der Waals surface area contributed by atoms with Crippen LogP contribution in [0.25, 0.3) is 0 Å². The van der Waals surface area contributed by atoms with Crippen molar-refractivity contribution >= 4 is 5.78 Å². The minimum Gasteiger partial charge on any atom is -0.393 e. The molecule has 4 fully saturated rings. The summed E-state index contributed by atoms with van der Waals surface area (Å²) >= 11 is 0. The van der Waals surface area contributed by atoms with E-state index in [2.05, 4.69) is 9.80 Å². The maximum Gasteiger partial charge on any atom is 0.154 e. The van der Waals surface area contributed by atoms with Crippen molar-refractivity contribution in [1.29, 1.82) is 0 Å². The molecule has 160 valence electrons. The highest BCUT2D eigenvalue weighted by molar-refractivity contribution is 5.97. The lowest BCUT2D eigenvalue weighted by Crippen LogP contribution is -2.86. The molecule has 4 bridgehead atoms. The molecule has 0 aliphatic carbocycles. The van der Waals surface area contributed by atoms with Crippen LogP contribution in [0.15, 0.2) is 30.3 Å². The number of aliphatic hydroxyl groups is 4. The Kier molecular flexibility index (Phi) is 4.39. The van der Waals surface area contributed by atoms with Crippen LogP contribution in [-0.2, 0) is 10.2 Å². The summed E-state index contributed by atoms with van der Waals surface area (Å²) in [6.07, 6.45) is -0.589. The van der Waals surface area contributed by atoms with E-state index in [1.165, 1.54) is 20.8 Å². The molecule has 2 unspecified atom stereocenters. The number of carbonyl (C=O) groups excluding carboxylic acids is 1. The molecule has 0 aromatic heterocycles. The van der Waals surface area contributed by atoms with E-state index in [1.54, 1.807) is 0 Å². The van der Waals surface area contributed by atoms with Gasteiger partial charge in [-0.15, -0.1) is 0 Å². The molecule has 0 spiro atoms. The van der Waals surface area contributed by atoms with Gasteiger partial charge < -0.3 is 20.4 Å². The zero-order valence-corrected chi connectivity index (χ0v) is 17.6. The number of Topliss-reactive ketones (excluding diaryl/α,β-unsaturated/α-hetero) is 1. The monoisotopic (exact) mass is 404 g/mol. The first kappa shape index (κ1) is 20.9. The quantitative estimate of drug-likeness (QED) is 0.535. The molecular formula is C22H32N2O5. The molecule has 7 heteroatoms. The zero-order valence-electron chi connectivity index (χ0n) is 17.6. The number of aliphatic hydroxyl groups excluding tert-OH is 1. The number of ketones is 1. The molecule has 4 N–H and O–H groups in total. The van der Waals surface area contributed by atoms with Gasteiger partial charge in [0.15, 0.2) is 5.78 Å². The highest BCUT2D eigenvalue weighted by Gasteiger charge is 2.70. The molecule has 5 atom stereocenters. The molecule has 1 aromatic rings. The van der Waals surface area contributed by atoms with Crippen molar-refractivity contribution in [3.63, 3.8) is 0 Å². The van der Waals surface area contributed by atoms with Gasteiger partial charge in [-0.05, 0) is 26.3 Å². The lowest BCUT2D eigenvalue weighted by molar-refractivity contribution is -0.294. The van der Waals surface area contributed by atoms with Crippen LogP contribution in [0, 0.1) is 5.41 Å². The van der Waals surface area contributed by atoms with E-state index in [4.69, 9.17) is 0 Å². The highest BCUT2D eigenvalue weighted by atomic mass is 16.4. The number of nitrogens with zero attached hydrogens (tertiary/aromatic N) is 2. The highest BCUT2D eigenvalue weighted by Crippen LogP contribution is 2.53. The first-order valence-corrected chi connectivity index (χ1v) is 10.2. The Hall–Kier alpha value is -1.35. The summed E-state index contributed by atoms with van der Waals surface area (Å²) in [5.41, 5.74) is -5.92. The van der Waals surface area contributed by atoms with Crippen LogP contribution in [0.3, 0.4) is 0 Å². The first-order chi connectivity index (χ1) is 13.3. The van der Waals surface area contributed by atoms with E-state index in [-0.39, 0.29) is 5.78 Å². The van der Waals surface area contributed by atoms with Crippen molar-refractivity contribution in [3.8, 4) is 0 Å². The molecule has 29 heavy (non-hydrogen) atoms. The summed E-state index contributed by atoms with van der Waals surface area (Å²) in [6, 6.07) is 9.77. The third-order valence-corrected chi connectivity index (χ3v) is 7.90. The van der Waals surface area contributed by atoms with Gasteiger partial charge in [0.05, 0.1) is 23.6 Å². The number of hydrogen-bond acceptors (Lipinski definition) is 7. The Morgan fingerprint density at radius 2 is 1.52 bits per heavy atom. The van der Waals surface area contributed by atoms with E-state index in [1.807, 2.05) is 37.3 Å². The normalized spacial score (nSPS) is 42.2. The van der Waals surface area contributed by atoms with E-state index in [0.29, 0.717) is 26.2 Å². The SMILES string of the molecule is CC12CN3CC(c4ccccc4)(CN(C1)C3[C@](C)(O)[C@@](C)(O)[C@@](C)(O)CO)C2=O. The molecule has 0 amide bonds. The molecule has 0 saturated carbocycles. The largest absolute Gasteiger partial charge is 0.393 e. The number of rotatable bonds is 5. The second-order valence-corrected chi connectivity index (χ2v) is 10.2. The van der Waals surface area contributed by atoms with Crippen molar-refractivity contribution in [2.24, 2.45) is 5.41 Å². The predicted molar refractivity (Wildman–Crippen MR) is 107 cm³/mol. The zero-order chi connectivity index (χ0) is 21.5. The van der Waals surface area contributed by atoms with Crippen LogP contribution in [0.4, 0.5) is 0 Å². The molecule has 0 radical (unpaired) electrons. The summed E-state index contributed by atoms with van der Waals surface area (Å²) in [5, 5.41) is 43.0. The Morgan fingerprint density at radius 1 is 1.00 bits per heavy atom. The van der Waals surface area contributed by atoms with E-state index in [0.717, 1.165) is 5.56 Å². The first-order valence-electron chi connectivity index (χ1n) is 10.2. The summed E-state index contributed by atoms with van der Waals surface area (Å²) in [5.74, 6) is 0.232. The summed E-state index contributed by atoms with van der Waals surface area (Å²) in [4.78, 5) is 17.7. The van der Waals surface area contributed by atoms with Crippen LogP contribution in [-0.4, -0.2) is 91.8 Å². The molecular weight excluding hydrogens is 372 g/mol. The molecule has 1 aromatic carbocycles. The Bertz CT molecular complexity index is 804. The fraction of sp³-hybridized carbons (Fsp3) is 0.682.